The van der Waals surface area contributed by atoms with Gasteiger partial charge in [0.2, 0.25) is 0 Å². The average molecular weight is 324 g/mol. The smallest absolute Gasteiger partial charge is 0.332 e. The van der Waals surface area contributed by atoms with Crippen LogP contribution in [0.4, 0.5) is 0 Å². The molecule has 2 aromatic heterocycles. The minimum absolute atomic E-state index is 0.234. The van der Waals surface area contributed by atoms with Gasteiger partial charge in [-0.3, -0.25) is 18.7 Å². The molecule has 0 aromatic carbocycles. The van der Waals surface area contributed by atoms with Crippen molar-refractivity contribution in [1.82, 2.24) is 29.5 Å². The molecule has 2 aromatic rings. The predicted molar refractivity (Wildman–Crippen MR) is 82.8 cm³/mol. The zero-order valence-electron chi connectivity index (χ0n) is 13.3. The van der Waals surface area contributed by atoms with Crippen LogP contribution in [-0.4, -0.2) is 56.3 Å². The highest BCUT2D eigenvalue weighted by Crippen LogP contribution is 1.97. The summed E-state index contributed by atoms with van der Waals surface area (Å²) in [5.74, 6) is -0.234. The molecule has 0 unspecified atom stereocenters. The van der Waals surface area contributed by atoms with Crippen LogP contribution in [0.5, 0.6) is 0 Å². The molecule has 0 spiro atoms. The van der Waals surface area contributed by atoms with Gasteiger partial charge in [0.15, 0.2) is 5.65 Å². The Balaban J connectivity index is 0.000000174. The van der Waals surface area contributed by atoms with E-state index in [2.05, 4.69) is 15.3 Å². The summed E-state index contributed by atoms with van der Waals surface area (Å²) in [4.78, 5) is 44.7. The molecule has 126 valence electrons. The van der Waals surface area contributed by atoms with Crippen molar-refractivity contribution in [3.63, 3.8) is 0 Å². The van der Waals surface area contributed by atoms with Gasteiger partial charge in [0.1, 0.15) is 5.52 Å². The number of hydroxylamine groups is 2. The number of carbonyl (C=O) groups is 1. The lowest BCUT2D eigenvalue weighted by Gasteiger charge is -2.24. The lowest BCUT2D eigenvalue weighted by Crippen LogP contribution is -2.43. The average Bonchev–Trinajstić information content (AvgIpc) is 3.02. The SMILES string of the molecule is CC(=O)ON1CCNCC1.Cn1c(=O)c2[nH]cnc2n(C)c1=O. The maximum absolute atomic E-state index is 11.4. The second-order valence-corrected chi connectivity index (χ2v) is 5.07. The fourth-order valence-corrected chi connectivity index (χ4v) is 2.19. The Morgan fingerprint density at radius 3 is 2.48 bits per heavy atom. The summed E-state index contributed by atoms with van der Waals surface area (Å²) in [5, 5.41) is 4.83. The Labute approximate surface area is 131 Å². The fraction of sp³-hybridized carbons (Fsp3) is 0.538. The number of piperazine rings is 1. The van der Waals surface area contributed by atoms with Gasteiger partial charge < -0.3 is 15.1 Å². The largest absolute Gasteiger partial charge is 0.368 e. The normalized spacial score (nSPS) is 15.1. The van der Waals surface area contributed by atoms with E-state index in [1.165, 1.54) is 24.9 Å². The van der Waals surface area contributed by atoms with Gasteiger partial charge in [0.25, 0.3) is 5.56 Å². The van der Waals surface area contributed by atoms with E-state index in [0.29, 0.717) is 11.2 Å². The number of hydrogen-bond donors (Lipinski definition) is 2. The zero-order valence-corrected chi connectivity index (χ0v) is 13.3. The molecular formula is C13H20N6O4. The number of nitrogens with zero attached hydrogens (tertiary/aromatic N) is 4. The Hall–Kier alpha value is -2.46. The maximum Gasteiger partial charge on any atom is 0.332 e. The standard InChI is InChI=1S/C7H8N4O2.C6H12N2O2/c1-10-5-4(8-3-9-5)6(12)11(2)7(10)13;1-6(9)10-8-4-2-7-3-5-8/h3H,1-2H3,(H,8,9);7H,2-5H2,1H3. The monoisotopic (exact) mass is 324 g/mol. The highest BCUT2D eigenvalue weighted by molar-refractivity contribution is 5.68. The highest BCUT2D eigenvalue weighted by Gasteiger charge is 2.11. The third-order valence-corrected chi connectivity index (χ3v) is 3.36. The van der Waals surface area contributed by atoms with Crippen LogP contribution in [0.2, 0.25) is 0 Å². The Bertz CT molecular complexity index is 799. The molecular weight excluding hydrogens is 304 g/mol. The Morgan fingerprint density at radius 2 is 1.87 bits per heavy atom. The van der Waals surface area contributed by atoms with Crippen LogP contribution in [0, 0.1) is 0 Å². The molecule has 0 saturated carbocycles. The minimum atomic E-state index is -0.371. The molecule has 1 aliphatic rings. The molecule has 0 atom stereocenters. The molecule has 0 aliphatic carbocycles. The van der Waals surface area contributed by atoms with Crippen LogP contribution >= 0.6 is 0 Å². The lowest BCUT2D eigenvalue weighted by molar-refractivity contribution is -0.189. The van der Waals surface area contributed by atoms with Crippen molar-refractivity contribution in [2.45, 2.75) is 6.92 Å². The quantitative estimate of drug-likeness (QED) is 0.644. The molecule has 3 rings (SSSR count). The number of imidazole rings is 1. The van der Waals surface area contributed by atoms with E-state index in [1.807, 2.05) is 0 Å². The second kappa shape index (κ2) is 7.20. The van der Waals surface area contributed by atoms with Crippen LogP contribution < -0.4 is 16.6 Å². The molecule has 1 aliphatic heterocycles. The first-order chi connectivity index (χ1) is 10.9. The van der Waals surface area contributed by atoms with Crippen molar-refractivity contribution in [3.05, 3.63) is 27.2 Å². The van der Waals surface area contributed by atoms with Crippen LogP contribution in [0.1, 0.15) is 6.92 Å². The van der Waals surface area contributed by atoms with Crippen molar-refractivity contribution >= 4 is 17.1 Å². The Morgan fingerprint density at radius 1 is 1.22 bits per heavy atom. The van der Waals surface area contributed by atoms with Crippen molar-refractivity contribution < 1.29 is 9.63 Å². The van der Waals surface area contributed by atoms with Crippen LogP contribution in [0.15, 0.2) is 15.9 Å². The number of aryl methyl sites for hydroxylation is 1. The van der Waals surface area contributed by atoms with Gasteiger partial charge in [-0.2, -0.15) is 0 Å². The molecule has 0 amide bonds. The summed E-state index contributed by atoms with van der Waals surface area (Å²) in [6.07, 6.45) is 1.39. The second-order valence-electron chi connectivity index (χ2n) is 5.07. The maximum atomic E-state index is 11.4. The third-order valence-electron chi connectivity index (χ3n) is 3.36. The van der Waals surface area contributed by atoms with E-state index in [-0.39, 0.29) is 17.2 Å². The van der Waals surface area contributed by atoms with Crippen molar-refractivity contribution in [3.8, 4) is 0 Å². The number of hydrogen-bond acceptors (Lipinski definition) is 7. The number of rotatable bonds is 1. The van der Waals surface area contributed by atoms with E-state index >= 15 is 0 Å². The number of H-pyrrole nitrogens is 1. The predicted octanol–water partition coefficient (Wildman–Crippen LogP) is -1.67. The Kier molecular flexibility index (Phi) is 5.29. The van der Waals surface area contributed by atoms with Crippen molar-refractivity contribution in [1.29, 1.82) is 0 Å². The fourth-order valence-electron chi connectivity index (χ4n) is 2.19. The van der Waals surface area contributed by atoms with E-state index < -0.39 is 0 Å². The van der Waals surface area contributed by atoms with E-state index in [1.54, 1.807) is 12.1 Å². The topological polar surface area (TPSA) is 114 Å². The first-order valence-electron chi connectivity index (χ1n) is 7.15. The molecule has 10 heteroatoms. The summed E-state index contributed by atoms with van der Waals surface area (Å²) < 4.78 is 2.37. The number of nitrogens with one attached hydrogen (secondary N) is 2. The molecule has 0 radical (unpaired) electrons. The molecule has 2 N–H and O–H groups in total. The molecule has 23 heavy (non-hydrogen) atoms. The zero-order chi connectivity index (χ0) is 17.0. The molecule has 0 bridgehead atoms. The van der Waals surface area contributed by atoms with Gasteiger partial charge in [0.05, 0.1) is 6.33 Å². The van der Waals surface area contributed by atoms with E-state index in [4.69, 9.17) is 4.84 Å². The van der Waals surface area contributed by atoms with Gasteiger partial charge in [-0.25, -0.2) is 9.78 Å². The van der Waals surface area contributed by atoms with Gasteiger partial charge in [-0.05, 0) is 0 Å². The number of aromatic nitrogens is 4. The van der Waals surface area contributed by atoms with Gasteiger partial charge in [-0.15, -0.1) is 5.06 Å². The van der Waals surface area contributed by atoms with E-state index in [0.717, 1.165) is 30.7 Å². The summed E-state index contributed by atoms with van der Waals surface area (Å²) in [6.45, 7) is 4.79. The molecule has 1 fully saturated rings. The number of carbonyl (C=O) groups excluding carboxylic acids is 1. The first kappa shape index (κ1) is 16.9. The lowest BCUT2D eigenvalue weighted by atomic mass is 10.4. The van der Waals surface area contributed by atoms with Crippen molar-refractivity contribution in [2.24, 2.45) is 14.1 Å². The summed E-state index contributed by atoms with van der Waals surface area (Å²) >= 11 is 0. The van der Waals surface area contributed by atoms with Gasteiger partial charge in [0, 0.05) is 47.2 Å². The summed E-state index contributed by atoms with van der Waals surface area (Å²) in [6, 6.07) is 0. The molecule has 1 saturated heterocycles. The van der Waals surface area contributed by atoms with Gasteiger partial charge in [-0.1, -0.05) is 0 Å². The number of fused-ring (bicyclic) bond motifs is 1. The summed E-state index contributed by atoms with van der Waals surface area (Å²) in [5.41, 5.74) is 0.0119. The highest BCUT2D eigenvalue weighted by atomic mass is 16.7. The van der Waals surface area contributed by atoms with Gasteiger partial charge >= 0.3 is 11.7 Å². The molecule has 3 heterocycles. The van der Waals surface area contributed by atoms with E-state index in [9.17, 15) is 14.4 Å². The minimum Gasteiger partial charge on any atom is -0.368 e. The summed E-state index contributed by atoms with van der Waals surface area (Å²) in [7, 11) is 3.01. The van der Waals surface area contributed by atoms with Crippen molar-refractivity contribution in [2.75, 3.05) is 26.2 Å². The van der Waals surface area contributed by atoms with Crippen LogP contribution in [0.25, 0.3) is 11.2 Å². The molecule has 10 nitrogen and oxygen atoms in total. The first-order valence-corrected chi connectivity index (χ1v) is 7.15. The third kappa shape index (κ3) is 3.85. The number of aromatic amines is 1. The van der Waals surface area contributed by atoms with Crippen LogP contribution in [0.3, 0.4) is 0 Å². The van der Waals surface area contributed by atoms with Crippen LogP contribution in [-0.2, 0) is 23.7 Å².